The van der Waals surface area contributed by atoms with E-state index in [9.17, 15) is 8.42 Å². The number of nitrogens with zero attached hydrogens (tertiary/aromatic N) is 3. The predicted molar refractivity (Wildman–Crippen MR) is 47.9 cm³/mol. The second-order valence-electron chi connectivity index (χ2n) is 2.99. The fourth-order valence-corrected chi connectivity index (χ4v) is 2.10. The van der Waals surface area contributed by atoms with Gasteiger partial charge in [-0.15, -0.1) is 0 Å². The van der Waals surface area contributed by atoms with Gasteiger partial charge in [0.1, 0.15) is 0 Å². The molecular weight excluding hydrogens is 190 g/mol. The highest BCUT2D eigenvalue weighted by atomic mass is 32.2. The predicted octanol–water partition coefficient (Wildman–Crippen LogP) is -0.442. The number of rotatable bonds is 2. The van der Waals surface area contributed by atoms with Crippen LogP contribution in [0.1, 0.15) is 0 Å². The van der Waals surface area contributed by atoms with Gasteiger partial charge in [-0.05, 0) is 5.57 Å². The first-order valence-electron chi connectivity index (χ1n) is 3.73. The van der Waals surface area contributed by atoms with Crippen molar-refractivity contribution in [3.05, 3.63) is 11.6 Å². The van der Waals surface area contributed by atoms with Crippen LogP contribution in [0.5, 0.6) is 0 Å². The smallest absolute Gasteiger partial charge is 0.195 e. The van der Waals surface area contributed by atoms with Crippen molar-refractivity contribution in [2.24, 2.45) is 0 Å². The summed E-state index contributed by atoms with van der Waals surface area (Å²) in [5.74, 6) is 0. The third-order valence-electron chi connectivity index (χ3n) is 1.82. The maximum absolute atomic E-state index is 11.4. The standard InChI is InChI=1S/C7H11N3O2S/c1-9(2)13(11,12)10-5-7(6-10)3-4-8/h3H,5-6H2,1-2H3. The highest BCUT2D eigenvalue weighted by Crippen LogP contribution is 2.19. The van der Waals surface area contributed by atoms with Crippen molar-refractivity contribution in [3.63, 3.8) is 0 Å². The molecule has 1 fully saturated rings. The lowest BCUT2D eigenvalue weighted by Crippen LogP contribution is -2.49. The van der Waals surface area contributed by atoms with Crippen LogP contribution in [-0.2, 0) is 10.2 Å². The summed E-state index contributed by atoms with van der Waals surface area (Å²) in [6, 6.07) is 1.87. The van der Waals surface area contributed by atoms with Crippen molar-refractivity contribution in [3.8, 4) is 6.07 Å². The summed E-state index contributed by atoms with van der Waals surface area (Å²) in [6.45, 7) is 0.683. The fourth-order valence-electron chi connectivity index (χ4n) is 0.983. The Balaban J connectivity index is 2.64. The Morgan fingerprint density at radius 2 is 2.08 bits per heavy atom. The van der Waals surface area contributed by atoms with Crippen molar-refractivity contribution in [2.45, 2.75) is 0 Å². The summed E-state index contributed by atoms with van der Waals surface area (Å²) in [6.07, 6.45) is 1.39. The molecule has 0 radical (unpaired) electrons. The van der Waals surface area contributed by atoms with Gasteiger partial charge in [-0.25, -0.2) is 0 Å². The summed E-state index contributed by atoms with van der Waals surface area (Å²) in [7, 11) is -0.300. The van der Waals surface area contributed by atoms with Crippen molar-refractivity contribution in [1.82, 2.24) is 8.61 Å². The summed E-state index contributed by atoms with van der Waals surface area (Å²) < 4.78 is 25.3. The molecule has 72 valence electrons. The van der Waals surface area contributed by atoms with Gasteiger partial charge in [0.05, 0.1) is 6.07 Å². The van der Waals surface area contributed by atoms with E-state index in [-0.39, 0.29) is 0 Å². The lowest BCUT2D eigenvalue weighted by Gasteiger charge is -2.34. The number of allylic oxidation sites excluding steroid dienone is 1. The Morgan fingerprint density at radius 1 is 1.54 bits per heavy atom. The molecule has 0 N–H and O–H groups in total. The highest BCUT2D eigenvalue weighted by Gasteiger charge is 2.32. The topological polar surface area (TPSA) is 64.4 Å². The largest absolute Gasteiger partial charge is 0.282 e. The summed E-state index contributed by atoms with van der Waals surface area (Å²) in [5, 5.41) is 8.30. The fraction of sp³-hybridized carbons (Fsp3) is 0.571. The maximum Gasteiger partial charge on any atom is 0.282 e. The summed E-state index contributed by atoms with van der Waals surface area (Å²) >= 11 is 0. The molecule has 1 rings (SSSR count). The highest BCUT2D eigenvalue weighted by molar-refractivity contribution is 7.86. The molecule has 0 aromatic rings. The third kappa shape index (κ3) is 1.88. The molecule has 5 nitrogen and oxygen atoms in total. The molecule has 0 atom stereocenters. The minimum absolute atomic E-state index is 0.341. The van der Waals surface area contributed by atoms with Gasteiger partial charge < -0.3 is 0 Å². The molecular formula is C7H11N3O2S. The van der Waals surface area contributed by atoms with Gasteiger partial charge in [0.2, 0.25) is 0 Å². The van der Waals surface area contributed by atoms with Crippen LogP contribution in [0, 0.1) is 11.3 Å². The van der Waals surface area contributed by atoms with E-state index in [0.29, 0.717) is 13.1 Å². The molecule has 0 aliphatic carbocycles. The average Bonchev–Trinajstić information content (AvgIpc) is 1.95. The van der Waals surface area contributed by atoms with E-state index in [1.54, 1.807) is 0 Å². The van der Waals surface area contributed by atoms with Gasteiger partial charge in [0, 0.05) is 33.3 Å². The van der Waals surface area contributed by atoms with E-state index in [0.717, 1.165) is 9.88 Å². The van der Waals surface area contributed by atoms with E-state index in [2.05, 4.69) is 0 Å². The van der Waals surface area contributed by atoms with Crippen molar-refractivity contribution >= 4 is 10.2 Å². The molecule has 1 aliphatic heterocycles. The van der Waals surface area contributed by atoms with Crippen LogP contribution in [0.2, 0.25) is 0 Å². The molecule has 0 aromatic heterocycles. The Morgan fingerprint density at radius 3 is 2.46 bits per heavy atom. The van der Waals surface area contributed by atoms with Crippen molar-refractivity contribution < 1.29 is 8.42 Å². The number of nitriles is 1. The van der Waals surface area contributed by atoms with Gasteiger partial charge >= 0.3 is 0 Å². The third-order valence-corrected chi connectivity index (χ3v) is 3.65. The Bertz CT molecular complexity index is 356. The SMILES string of the molecule is CN(C)S(=O)(=O)N1CC(=CC#N)C1. The first-order chi connectivity index (χ1) is 5.98. The van der Waals surface area contributed by atoms with Crippen LogP contribution < -0.4 is 0 Å². The molecule has 0 amide bonds. The Kier molecular flexibility index (Phi) is 2.71. The summed E-state index contributed by atoms with van der Waals surface area (Å²) in [4.78, 5) is 0. The molecule has 0 aromatic carbocycles. The van der Waals surface area contributed by atoms with Gasteiger partial charge in [0.15, 0.2) is 0 Å². The molecule has 1 heterocycles. The quantitative estimate of drug-likeness (QED) is 0.569. The average molecular weight is 201 g/mol. The van der Waals surface area contributed by atoms with Crippen LogP contribution >= 0.6 is 0 Å². The number of hydrogen-bond donors (Lipinski definition) is 0. The van der Waals surface area contributed by atoms with E-state index in [1.165, 1.54) is 24.5 Å². The van der Waals surface area contributed by atoms with Crippen molar-refractivity contribution in [1.29, 1.82) is 5.26 Å². The van der Waals surface area contributed by atoms with Crippen LogP contribution in [0.15, 0.2) is 11.6 Å². The van der Waals surface area contributed by atoms with Gasteiger partial charge in [-0.1, -0.05) is 0 Å². The molecule has 1 saturated heterocycles. The Labute approximate surface area is 78.0 Å². The van der Waals surface area contributed by atoms with Crippen LogP contribution in [-0.4, -0.2) is 44.2 Å². The zero-order chi connectivity index (χ0) is 10.1. The molecule has 0 spiro atoms. The number of hydrogen-bond acceptors (Lipinski definition) is 3. The van der Waals surface area contributed by atoms with E-state index in [1.807, 2.05) is 6.07 Å². The van der Waals surface area contributed by atoms with Crippen LogP contribution in [0.25, 0.3) is 0 Å². The first kappa shape index (κ1) is 10.2. The molecule has 0 saturated carbocycles. The second-order valence-corrected chi connectivity index (χ2v) is 5.13. The van der Waals surface area contributed by atoms with E-state index >= 15 is 0 Å². The van der Waals surface area contributed by atoms with Crippen LogP contribution in [0.3, 0.4) is 0 Å². The van der Waals surface area contributed by atoms with E-state index < -0.39 is 10.2 Å². The second kappa shape index (κ2) is 3.46. The van der Waals surface area contributed by atoms with Gasteiger partial charge in [-0.3, -0.25) is 0 Å². The lowest BCUT2D eigenvalue weighted by molar-refractivity contribution is 0.358. The lowest BCUT2D eigenvalue weighted by atomic mass is 10.1. The van der Waals surface area contributed by atoms with Gasteiger partial charge in [0.25, 0.3) is 10.2 Å². The zero-order valence-corrected chi connectivity index (χ0v) is 8.37. The molecule has 1 aliphatic rings. The molecule has 6 heteroatoms. The minimum Gasteiger partial charge on any atom is -0.195 e. The van der Waals surface area contributed by atoms with E-state index in [4.69, 9.17) is 5.26 Å². The van der Waals surface area contributed by atoms with Crippen molar-refractivity contribution in [2.75, 3.05) is 27.2 Å². The minimum atomic E-state index is -3.27. The summed E-state index contributed by atoms with van der Waals surface area (Å²) in [5.41, 5.74) is 0.855. The Hall–Kier alpha value is -0.900. The van der Waals surface area contributed by atoms with Crippen LogP contribution in [0.4, 0.5) is 0 Å². The molecule has 0 unspecified atom stereocenters. The molecule has 13 heavy (non-hydrogen) atoms. The molecule has 0 bridgehead atoms. The monoisotopic (exact) mass is 201 g/mol. The maximum atomic E-state index is 11.4. The first-order valence-corrected chi connectivity index (χ1v) is 5.13. The van der Waals surface area contributed by atoms with Gasteiger partial charge in [-0.2, -0.15) is 22.3 Å². The zero-order valence-electron chi connectivity index (χ0n) is 7.56. The normalized spacial score (nSPS) is 18.2.